The van der Waals surface area contributed by atoms with Gasteiger partial charge in [-0.3, -0.25) is 13.6 Å². The van der Waals surface area contributed by atoms with Crippen LogP contribution in [0.15, 0.2) is 146 Å². The number of piperazine rings is 1. The second-order valence-electron chi connectivity index (χ2n) is 23.7. The third-order valence-electron chi connectivity index (χ3n) is 18.3. The molecule has 0 unspecified atom stereocenters. The van der Waals surface area contributed by atoms with Crippen LogP contribution in [-0.4, -0.2) is 119 Å². The smallest absolute Gasteiger partial charge is 0.220 e. The summed E-state index contributed by atoms with van der Waals surface area (Å²) >= 11 is 0. The predicted molar refractivity (Wildman–Crippen MR) is 329 cm³/mol. The summed E-state index contributed by atoms with van der Waals surface area (Å²) in [6, 6.07) is 41.8. The van der Waals surface area contributed by atoms with E-state index in [0.29, 0.717) is 29.4 Å². The second-order valence-corrected chi connectivity index (χ2v) is 23.7. The Morgan fingerprint density at radius 1 is 0.488 bits per heavy atom. The first kappa shape index (κ1) is 53.2. The molecule has 6 N–H and O–H groups in total. The van der Waals surface area contributed by atoms with Crippen LogP contribution >= 0.6 is 0 Å². The first-order chi connectivity index (χ1) is 40.1. The van der Waals surface area contributed by atoms with Crippen LogP contribution in [0.2, 0.25) is 0 Å². The van der Waals surface area contributed by atoms with Crippen LogP contribution in [0.3, 0.4) is 0 Å². The van der Waals surface area contributed by atoms with Gasteiger partial charge in [0.25, 0.3) is 0 Å². The van der Waals surface area contributed by atoms with Crippen molar-refractivity contribution in [3.63, 3.8) is 0 Å². The molecule has 15 nitrogen and oxygen atoms in total. The number of piperidine rings is 1. The van der Waals surface area contributed by atoms with Crippen LogP contribution in [0.5, 0.6) is 0 Å². The van der Waals surface area contributed by atoms with Gasteiger partial charge < -0.3 is 31.9 Å². The molecule has 1 amide bonds. The van der Waals surface area contributed by atoms with E-state index in [1.165, 1.54) is 71.2 Å². The third kappa shape index (κ3) is 11.2. The number of hydrogen-bond acceptors (Lipinski definition) is 12. The highest BCUT2D eigenvalue weighted by Gasteiger charge is 2.32. The highest BCUT2D eigenvalue weighted by molar-refractivity contribution is 5.93. The molecule has 2 saturated heterocycles. The van der Waals surface area contributed by atoms with Gasteiger partial charge in [0.2, 0.25) is 5.91 Å². The van der Waals surface area contributed by atoms with Gasteiger partial charge in [0, 0.05) is 115 Å². The number of primary amides is 1. The molecule has 8 heterocycles. The lowest BCUT2D eigenvalue weighted by molar-refractivity contribution is -0.123. The number of rotatable bonds is 11. The quantitative estimate of drug-likeness (QED) is 0.111. The Bertz CT molecular complexity index is 3870. The maximum Gasteiger partial charge on any atom is 0.220 e. The van der Waals surface area contributed by atoms with Crippen molar-refractivity contribution in [1.29, 1.82) is 0 Å². The van der Waals surface area contributed by atoms with Crippen molar-refractivity contribution >= 4 is 50.4 Å². The van der Waals surface area contributed by atoms with Gasteiger partial charge in [-0.05, 0) is 120 Å². The summed E-state index contributed by atoms with van der Waals surface area (Å²) in [5.74, 6) is 5.35. The number of likely N-dealkylation sites (tertiary alicyclic amines) is 1. The number of carbonyl (C=O) groups excluding carboxylic acids is 1. The summed E-state index contributed by atoms with van der Waals surface area (Å²) in [6.07, 6.45) is 18.8. The van der Waals surface area contributed by atoms with E-state index in [2.05, 4.69) is 125 Å². The van der Waals surface area contributed by atoms with E-state index < -0.39 is 0 Å². The average molecular weight is 1090 g/mol. The lowest BCUT2D eigenvalue weighted by Gasteiger charge is -2.36. The summed E-state index contributed by atoms with van der Waals surface area (Å²) < 4.78 is 4.36. The minimum absolute atomic E-state index is 0.0473. The van der Waals surface area contributed by atoms with E-state index in [4.69, 9.17) is 37.1 Å². The Morgan fingerprint density at radius 3 is 1.35 bits per heavy atom. The van der Waals surface area contributed by atoms with Crippen LogP contribution in [0.1, 0.15) is 87.7 Å². The van der Waals surface area contributed by atoms with Crippen molar-refractivity contribution in [3.05, 3.63) is 158 Å². The summed E-state index contributed by atoms with van der Waals surface area (Å²) in [5, 5.41) is 2.20. The Morgan fingerprint density at radius 2 is 0.915 bits per heavy atom. The highest BCUT2D eigenvalue weighted by atomic mass is 16.1. The lowest BCUT2D eigenvalue weighted by atomic mass is 9.81. The molecular formula is C67H74N14O. The van der Waals surface area contributed by atoms with Gasteiger partial charge in [-0.1, -0.05) is 97.1 Å². The van der Waals surface area contributed by atoms with Gasteiger partial charge in [0.15, 0.2) is 0 Å². The molecule has 82 heavy (non-hydrogen) atoms. The maximum absolute atomic E-state index is 11.5. The van der Waals surface area contributed by atoms with Crippen molar-refractivity contribution in [3.8, 4) is 45.0 Å². The SMILES string of the molecule is CN1CCN(CC2CCC(c3nc(-c4ccc5ccc(-c6ccccc6)nc5c4)c4c(N)nccn34)CC2)CC1.NC(=O)C1CCN(CC2CCC(c3nc(-c4ccc5ccc(-c6ccccc6)nc5c4)c4c(N)nccn34)CC2)CC1. The highest BCUT2D eigenvalue weighted by Crippen LogP contribution is 2.42. The van der Waals surface area contributed by atoms with Gasteiger partial charge in [-0.2, -0.15) is 0 Å². The molecule has 10 aromatic rings. The number of carbonyl (C=O) groups is 1. The number of likely N-dealkylation sites (N-methyl/N-ethyl adjacent to an activating group) is 1. The van der Waals surface area contributed by atoms with E-state index in [1.54, 1.807) is 12.4 Å². The van der Waals surface area contributed by atoms with Crippen LogP contribution in [0, 0.1) is 17.8 Å². The largest absolute Gasteiger partial charge is 0.382 e. The fraction of sp³-hybridized carbons (Fsp3) is 0.358. The Balaban J connectivity index is 0.000000154. The summed E-state index contributed by atoms with van der Waals surface area (Å²) in [7, 11) is 2.23. The number of fused-ring (bicyclic) bond motifs is 4. The monoisotopic (exact) mass is 1090 g/mol. The number of anilines is 2. The number of pyridine rings is 2. The zero-order valence-corrected chi connectivity index (χ0v) is 47.0. The van der Waals surface area contributed by atoms with E-state index in [-0.39, 0.29) is 11.8 Å². The van der Waals surface area contributed by atoms with Crippen LogP contribution in [0.4, 0.5) is 11.6 Å². The fourth-order valence-corrected chi connectivity index (χ4v) is 13.6. The molecule has 6 aromatic heterocycles. The molecule has 15 heteroatoms. The Hall–Kier alpha value is -8.11. The molecule has 4 aromatic carbocycles. The molecule has 4 fully saturated rings. The van der Waals surface area contributed by atoms with Crippen molar-refractivity contribution < 1.29 is 4.79 Å². The van der Waals surface area contributed by atoms with E-state index in [0.717, 1.165) is 141 Å². The zero-order valence-electron chi connectivity index (χ0n) is 47.0. The zero-order chi connectivity index (χ0) is 55.7. The van der Waals surface area contributed by atoms with Gasteiger partial charge >= 0.3 is 0 Å². The topological polar surface area (TPSA) is 191 Å². The van der Waals surface area contributed by atoms with Crippen molar-refractivity contribution in [2.24, 2.45) is 23.5 Å². The fourth-order valence-electron chi connectivity index (χ4n) is 13.6. The Kier molecular flexibility index (Phi) is 15.2. The van der Waals surface area contributed by atoms with Crippen molar-refractivity contribution in [2.75, 3.05) is 70.9 Å². The summed E-state index contributed by atoms with van der Waals surface area (Å²) in [5.41, 5.74) is 30.1. The standard InChI is InChI=1S/C34H37N7O.C33H37N7/c35-32-31-30(27-11-10-24-12-13-28(38-29(24)20-27)23-4-2-1-3-5-23)39-34(41(31)19-16-37-32)26-8-6-22(7-9-26)21-40-17-14-25(15-18-40)33(36)42;1-38-17-19-39(20-18-38)22-23-7-9-26(10-8-23)33-37-30(31-32(34)35-15-16-40(31)33)27-12-11-25-13-14-28(36-29(25)21-27)24-5-3-2-4-6-24/h1-5,10-13,16,19-20,22,25-26H,6-9,14-15,17-18,21H2,(H2,35,37)(H2,36,42);2-6,11-16,21,23,26H,7-10,17-20,22H2,1H3,(H2,34,35). The van der Waals surface area contributed by atoms with Gasteiger partial charge in [-0.25, -0.2) is 29.9 Å². The molecule has 418 valence electrons. The molecule has 0 spiro atoms. The van der Waals surface area contributed by atoms with E-state index in [1.807, 2.05) is 48.8 Å². The first-order valence-corrected chi connectivity index (χ1v) is 29.8. The van der Waals surface area contributed by atoms with Crippen LogP contribution in [0.25, 0.3) is 77.9 Å². The molecular weight excluding hydrogens is 1020 g/mol. The third-order valence-corrected chi connectivity index (χ3v) is 18.3. The van der Waals surface area contributed by atoms with Crippen molar-refractivity contribution in [2.45, 2.75) is 76.0 Å². The van der Waals surface area contributed by atoms with Crippen LogP contribution < -0.4 is 17.2 Å². The average Bonchev–Trinajstić information content (AvgIpc) is 3.53. The Labute approximate surface area is 479 Å². The molecule has 14 rings (SSSR count). The molecule has 2 saturated carbocycles. The van der Waals surface area contributed by atoms with Gasteiger partial charge in [0.1, 0.15) is 45.7 Å². The minimum Gasteiger partial charge on any atom is -0.382 e. The first-order valence-electron chi connectivity index (χ1n) is 29.8. The number of nitrogen functional groups attached to an aromatic ring is 2. The molecule has 2 aliphatic carbocycles. The number of nitrogens with zero attached hydrogens (tertiary/aromatic N) is 11. The van der Waals surface area contributed by atoms with E-state index in [9.17, 15) is 4.79 Å². The predicted octanol–water partition coefficient (Wildman–Crippen LogP) is 11.4. The summed E-state index contributed by atoms with van der Waals surface area (Å²) in [4.78, 5) is 48.6. The molecule has 0 radical (unpaired) electrons. The molecule has 4 aliphatic rings. The maximum atomic E-state index is 11.5. The number of imidazole rings is 2. The normalized spacial score (nSPS) is 20.5. The molecule has 2 aliphatic heterocycles. The minimum atomic E-state index is -0.144. The van der Waals surface area contributed by atoms with Crippen molar-refractivity contribution in [1.82, 2.24) is 53.4 Å². The van der Waals surface area contributed by atoms with E-state index >= 15 is 0 Å². The lowest BCUT2D eigenvalue weighted by Crippen LogP contribution is -2.46. The second kappa shape index (κ2) is 23.4. The van der Waals surface area contributed by atoms with Gasteiger partial charge in [-0.15, -0.1) is 0 Å². The number of hydrogen-bond donors (Lipinski definition) is 3. The number of aromatic nitrogens is 8. The van der Waals surface area contributed by atoms with Crippen LogP contribution in [-0.2, 0) is 4.79 Å². The summed E-state index contributed by atoms with van der Waals surface area (Å²) in [6.45, 7) is 9.06. The molecule has 0 bridgehead atoms. The molecule has 0 atom stereocenters. The number of amides is 1. The number of nitrogens with two attached hydrogens (primary N) is 3. The van der Waals surface area contributed by atoms with Gasteiger partial charge in [0.05, 0.1) is 22.4 Å². The number of benzene rings is 4.